The van der Waals surface area contributed by atoms with Gasteiger partial charge in [0.1, 0.15) is 11.5 Å². The normalized spacial score (nSPS) is 9.71. The molecule has 0 saturated heterocycles. The van der Waals surface area contributed by atoms with Gasteiger partial charge in [-0.05, 0) is 18.1 Å². The molecule has 0 aliphatic rings. The van der Waals surface area contributed by atoms with Crippen LogP contribution in [0.15, 0.2) is 18.2 Å². The van der Waals surface area contributed by atoms with Crippen LogP contribution in [0.1, 0.15) is 30.6 Å². The first-order chi connectivity index (χ1) is 7.58. The van der Waals surface area contributed by atoms with Gasteiger partial charge in [0.2, 0.25) is 0 Å². The summed E-state index contributed by atoms with van der Waals surface area (Å²) in [6.07, 6.45) is 0.530. The summed E-state index contributed by atoms with van der Waals surface area (Å²) in [4.78, 5) is 11.9. The molecule has 0 fully saturated rings. The van der Waals surface area contributed by atoms with E-state index in [1.807, 2.05) is 13.8 Å². The molecule has 1 rings (SSSR count). The third-order valence-electron chi connectivity index (χ3n) is 2.30. The molecule has 1 aromatic rings. The van der Waals surface area contributed by atoms with Crippen LogP contribution in [0.4, 0.5) is 0 Å². The molecule has 0 aromatic heterocycles. The van der Waals surface area contributed by atoms with Crippen molar-refractivity contribution in [3.8, 4) is 11.5 Å². The maximum atomic E-state index is 11.9. The van der Waals surface area contributed by atoms with Crippen LogP contribution in [0.5, 0.6) is 11.5 Å². The summed E-state index contributed by atoms with van der Waals surface area (Å²) < 4.78 is 10.3. The van der Waals surface area contributed by atoms with Crippen LogP contribution in [0, 0.1) is 5.92 Å². The number of carbonyl (C=O) groups is 1. The first kappa shape index (κ1) is 15.8. The molecule has 3 nitrogen and oxygen atoms in total. The van der Waals surface area contributed by atoms with Gasteiger partial charge < -0.3 is 9.47 Å². The molecule has 0 amide bonds. The molecule has 17 heavy (non-hydrogen) atoms. The van der Waals surface area contributed by atoms with Crippen molar-refractivity contribution >= 4 is 18.2 Å². The Bertz CT molecular complexity index is 375. The molecule has 0 aliphatic heterocycles. The molecule has 0 heterocycles. The van der Waals surface area contributed by atoms with Crippen LogP contribution in [-0.4, -0.2) is 20.0 Å². The SMILES string of the molecule is COc1ccc(C(=O)CC(C)C)c(OC)c1.Cl. The third-order valence-corrected chi connectivity index (χ3v) is 2.30. The van der Waals surface area contributed by atoms with Crippen molar-refractivity contribution in [3.05, 3.63) is 23.8 Å². The Hall–Kier alpha value is -1.22. The van der Waals surface area contributed by atoms with Crippen LogP contribution < -0.4 is 9.47 Å². The van der Waals surface area contributed by atoms with Crippen molar-refractivity contribution < 1.29 is 14.3 Å². The largest absolute Gasteiger partial charge is 0.497 e. The van der Waals surface area contributed by atoms with Gasteiger partial charge in [0.15, 0.2) is 5.78 Å². The van der Waals surface area contributed by atoms with Crippen LogP contribution in [0.3, 0.4) is 0 Å². The number of halogens is 1. The molecule has 1 aromatic carbocycles. The topological polar surface area (TPSA) is 35.5 Å². The molecular formula is C13H19ClO3. The van der Waals surface area contributed by atoms with Gasteiger partial charge in [-0.15, -0.1) is 12.4 Å². The van der Waals surface area contributed by atoms with Crippen molar-refractivity contribution in [2.24, 2.45) is 5.92 Å². The summed E-state index contributed by atoms with van der Waals surface area (Å²) in [6.45, 7) is 4.04. The van der Waals surface area contributed by atoms with Crippen molar-refractivity contribution in [1.82, 2.24) is 0 Å². The summed E-state index contributed by atoms with van der Waals surface area (Å²) in [5.41, 5.74) is 0.622. The Morgan fingerprint density at radius 2 is 1.88 bits per heavy atom. The maximum Gasteiger partial charge on any atom is 0.166 e. The van der Waals surface area contributed by atoms with E-state index in [9.17, 15) is 4.79 Å². The van der Waals surface area contributed by atoms with Gasteiger partial charge in [-0.2, -0.15) is 0 Å². The number of ether oxygens (including phenoxy) is 2. The zero-order chi connectivity index (χ0) is 12.1. The van der Waals surface area contributed by atoms with E-state index in [2.05, 4.69) is 0 Å². The van der Waals surface area contributed by atoms with Gasteiger partial charge in [-0.25, -0.2) is 0 Å². The fourth-order valence-electron chi connectivity index (χ4n) is 1.51. The second kappa shape index (κ2) is 7.17. The Labute approximate surface area is 109 Å². The van der Waals surface area contributed by atoms with E-state index in [4.69, 9.17) is 9.47 Å². The Morgan fingerprint density at radius 3 is 2.35 bits per heavy atom. The first-order valence-corrected chi connectivity index (χ1v) is 5.33. The molecule has 4 heteroatoms. The third kappa shape index (κ3) is 4.27. The molecule has 0 saturated carbocycles. The highest BCUT2D eigenvalue weighted by Crippen LogP contribution is 2.26. The Kier molecular flexibility index (Phi) is 6.66. The molecule has 0 aliphatic carbocycles. The highest BCUT2D eigenvalue weighted by Gasteiger charge is 2.14. The molecule has 96 valence electrons. The molecule has 0 bridgehead atoms. The fourth-order valence-corrected chi connectivity index (χ4v) is 1.51. The lowest BCUT2D eigenvalue weighted by Crippen LogP contribution is -2.05. The fraction of sp³-hybridized carbons (Fsp3) is 0.462. The summed E-state index contributed by atoms with van der Waals surface area (Å²) in [5.74, 6) is 1.72. The minimum atomic E-state index is 0. The molecule has 0 spiro atoms. The Balaban J connectivity index is 0.00000256. The Morgan fingerprint density at radius 1 is 1.24 bits per heavy atom. The zero-order valence-electron chi connectivity index (χ0n) is 10.6. The number of Topliss-reactive ketones (excluding diaryl/α,β-unsaturated/α-hetero) is 1. The second-order valence-electron chi connectivity index (χ2n) is 4.09. The van der Waals surface area contributed by atoms with E-state index in [1.54, 1.807) is 32.4 Å². The zero-order valence-corrected chi connectivity index (χ0v) is 11.5. The van der Waals surface area contributed by atoms with E-state index in [0.717, 1.165) is 0 Å². The highest BCUT2D eigenvalue weighted by molar-refractivity contribution is 5.98. The summed E-state index contributed by atoms with van der Waals surface area (Å²) in [6, 6.07) is 5.26. The monoisotopic (exact) mass is 258 g/mol. The van der Waals surface area contributed by atoms with E-state index in [0.29, 0.717) is 29.4 Å². The molecular weight excluding hydrogens is 240 g/mol. The average molecular weight is 259 g/mol. The van der Waals surface area contributed by atoms with Gasteiger partial charge >= 0.3 is 0 Å². The standard InChI is InChI=1S/C13H18O3.ClH/c1-9(2)7-12(14)11-6-5-10(15-3)8-13(11)16-4;/h5-6,8-9H,7H2,1-4H3;1H. The van der Waals surface area contributed by atoms with Crippen LogP contribution in [0.2, 0.25) is 0 Å². The predicted molar refractivity (Wildman–Crippen MR) is 70.6 cm³/mol. The highest BCUT2D eigenvalue weighted by atomic mass is 35.5. The minimum Gasteiger partial charge on any atom is -0.497 e. The second-order valence-corrected chi connectivity index (χ2v) is 4.09. The number of methoxy groups -OCH3 is 2. The van der Waals surface area contributed by atoms with Crippen molar-refractivity contribution in [2.75, 3.05) is 14.2 Å². The molecule has 0 atom stereocenters. The smallest absolute Gasteiger partial charge is 0.166 e. The quantitative estimate of drug-likeness (QED) is 0.760. The number of hydrogen-bond donors (Lipinski definition) is 0. The molecule has 0 radical (unpaired) electrons. The van der Waals surface area contributed by atoms with Crippen LogP contribution in [-0.2, 0) is 0 Å². The maximum absolute atomic E-state index is 11.9. The number of ketones is 1. The number of benzene rings is 1. The number of rotatable bonds is 5. The van der Waals surface area contributed by atoms with Crippen LogP contribution >= 0.6 is 12.4 Å². The first-order valence-electron chi connectivity index (χ1n) is 5.33. The van der Waals surface area contributed by atoms with Gasteiger partial charge in [-0.1, -0.05) is 13.8 Å². The molecule has 0 N–H and O–H groups in total. The minimum absolute atomic E-state index is 0. The van der Waals surface area contributed by atoms with Gasteiger partial charge in [0, 0.05) is 12.5 Å². The van der Waals surface area contributed by atoms with Crippen molar-refractivity contribution in [1.29, 1.82) is 0 Å². The van der Waals surface area contributed by atoms with E-state index in [-0.39, 0.29) is 18.2 Å². The van der Waals surface area contributed by atoms with Crippen LogP contribution in [0.25, 0.3) is 0 Å². The summed E-state index contributed by atoms with van der Waals surface area (Å²) in [5, 5.41) is 0. The number of carbonyl (C=O) groups excluding carboxylic acids is 1. The van der Waals surface area contributed by atoms with Gasteiger partial charge in [0.25, 0.3) is 0 Å². The number of hydrogen-bond acceptors (Lipinski definition) is 3. The summed E-state index contributed by atoms with van der Waals surface area (Å²) >= 11 is 0. The van der Waals surface area contributed by atoms with Crippen molar-refractivity contribution in [2.45, 2.75) is 20.3 Å². The lowest BCUT2D eigenvalue weighted by Gasteiger charge is -2.10. The molecule has 0 unspecified atom stereocenters. The lowest BCUT2D eigenvalue weighted by atomic mass is 10.0. The van der Waals surface area contributed by atoms with Gasteiger partial charge in [0.05, 0.1) is 19.8 Å². The van der Waals surface area contributed by atoms with E-state index >= 15 is 0 Å². The lowest BCUT2D eigenvalue weighted by molar-refractivity contribution is 0.0965. The average Bonchev–Trinajstić information content (AvgIpc) is 2.27. The predicted octanol–water partition coefficient (Wildman–Crippen LogP) is 3.35. The van der Waals surface area contributed by atoms with Crippen molar-refractivity contribution in [3.63, 3.8) is 0 Å². The summed E-state index contributed by atoms with van der Waals surface area (Å²) in [7, 11) is 3.14. The van der Waals surface area contributed by atoms with E-state index < -0.39 is 0 Å². The van der Waals surface area contributed by atoms with E-state index in [1.165, 1.54) is 0 Å². The van der Waals surface area contributed by atoms with Gasteiger partial charge in [-0.3, -0.25) is 4.79 Å².